The van der Waals surface area contributed by atoms with Crippen molar-refractivity contribution in [1.29, 1.82) is 0 Å². The molecule has 2 N–H and O–H groups in total. The predicted molar refractivity (Wildman–Crippen MR) is 104 cm³/mol. The van der Waals surface area contributed by atoms with E-state index in [4.69, 9.17) is 10.5 Å². The third-order valence-electron chi connectivity index (χ3n) is 4.95. The van der Waals surface area contributed by atoms with Crippen LogP contribution < -0.4 is 10.5 Å². The molecule has 1 fully saturated rings. The summed E-state index contributed by atoms with van der Waals surface area (Å²) in [6.07, 6.45) is 0. The highest BCUT2D eigenvalue weighted by atomic mass is 19.1. The fraction of sp³-hybridized carbons (Fsp3) is 0.381. The van der Waals surface area contributed by atoms with Crippen LogP contribution in [0.2, 0.25) is 0 Å². The minimum Gasteiger partial charge on any atom is -0.484 e. The highest BCUT2D eigenvalue weighted by molar-refractivity contribution is 5.78. The monoisotopic (exact) mass is 371 g/mol. The van der Waals surface area contributed by atoms with E-state index in [2.05, 4.69) is 11.8 Å². The first-order chi connectivity index (χ1) is 12.9. The van der Waals surface area contributed by atoms with E-state index in [-0.39, 0.29) is 30.4 Å². The Hall–Kier alpha value is -2.60. The first-order valence-electron chi connectivity index (χ1n) is 9.18. The molecule has 5 nitrogen and oxygen atoms in total. The van der Waals surface area contributed by atoms with Crippen LogP contribution in [0, 0.1) is 5.82 Å². The summed E-state index contributed by atoms with van der Waals surface area (Å²) in [6.45, 7) is 6.30. The average Bonchev–Trinajstić information content (AvgIpc) is 2.64. The summed E-state index contributed by atoms with van der Waals surface area (Å²) in [4.78, 5) is 16.8. The van der Waals surface area contributed by atoms with Gasteiger partial charge in [-0.25, -0.2) is 4.39 Å². The van der Waals surface area contributed by atoms with Crippen molar-refractivity contribution in [2.75, 3.05) is 25.4 Å². The smallest absolute Gasteiger partial charge is 0.260 e. The van der Waals surface area contributed by atoms with Crippen molar-refractivity contribution in [3.63, 3.8) is 0 Å². The van der Waals surface area contributed by atoms with Gasteiger partial charge >= 0.3 is 0 Å². The van der Waals surface area contributed by atoms with E-state index in [1.807, 2.05) is 24.0 Å². The van der Waals surface area contributed by atoms with Crippen molar-refractivity contribution < 1.29 is 13.9 Å². The lowest BCUT2D eigenvalue weighted by molar-refractivity contribution is -0.139. The number of nitrogens with zero attached hydrogens (tertiary/aromatic N) is 2. The molecule has 0 aliphatic carbocycles. The Kier molecular flexibility index (Phi) is 5.96. The molecule has 0 saturated carbocycles. The van der Waals surface area contributed by atoms with Crippen LogP contribution in [0.25, 0.3) is 0 Å². The van der Waals surface area contributed by atoms with Gasteiger partial charge in [0.1, 0.15) is 11.6 Å². The third-order valence-corrected chi connectivity index (χ3v) is 4.95. The molecule has 6 heteroatoms. The van der Waals surface area contributed by atoms with Crippen molar-refractivity contribution in [3.8, 4) is 5.75 Å². The van der Waals surface area contributed by atoms with Gasteiger partial charge in [0.25, 0.3) is 5.91 Å². The number of rotatable bonds is 5. The molecule has 0 unspecified atom stereocenters. The number of carbonyl (C=O) groups is 1. The van der Waals surface area contributed by atoms with Gasteiger partial charge < -0.3 is 15.4 Å². The van der Waals surface area contributed by atoms with Crippen LogP contribution >= 0.6 is 0 Å². The number of hydrogen-bond donors (Lipinski definition) is 1. The number of ether oxygens (including phenoxy) is 1. The second-order valence-electron chi connectivity index (χ2n) is 7.16. The number of nitrogen functional groups attached to an aromatic ring is 1. The number of benzene rings is 2. The number of carbonyl (C=O) groups excluding carboxylic acids is 1. The third kappa shape index (κ3) is 4.98. The van der Waals surface area contributed by atoms with Gasteiger partial charge in [0, 0.05) is 43.5 Å². The van der Waals surface area contributed by atoms with Crippen LogP contribution in [-0.2, 0) is 11.3 Å². The second-order valence-corrected chi connectivity index (χ2v) is 7.16. The van der Waals surface area contributed by atoms with Gasteiger partial charge in [0.15, 0.2) is 6.61 Å². The highest BCUT2D eigenvalue weighted by Gasteiger charge is 2.32. The van der Waals surface area contributed by atoms with Crippen molar-refractivity contribution in [3.05, 3.63) is 59.9 Å². The molecular weight excluding hydrogens is 345 g/mol. The lowest BCUT2D eigenvalue weighted by atomic mass is 10.1. The van der Waals surface area contributed by atoms with E-state index >= 15 is 0 Å². The highest BCUT2D eigenvalue weighted by Crippen LogP contribution is 2.19. The maximum absolute atomic E-state index is 13.1. The summed E-state index contributed by atoms with van der Waals surface area (Å²) >= 11 is 0. The molecule has 1 amide bonds. The van der Waals surface area contributed by atoms with E-state index in [9.17, 15) is 9.18 Å². The van der Waals surface area contributed by atoms with Gasteiger partial charge in [-0.15, -0.1) is 0 Å². The van der Waals surface area contributed by atoms with Crippen LogP contribution in [-0.4, -0.2) is 47.5 Å². The number of amides is 1. The molecule has 0 bridgehead atoms. The van der Waals surface area contributed by atoms with Crippen LogP contribution in [0.5, 0.6) is 5.75 Å². The van der Waals surface area contributed by atoms with Crippen molar-refractivity contribution in [1.82, 2.24) is 9.80 Å². The molecule has 3 rings (SSSR count). The molecule has 0 radical (unpaired) electrons. The van der Waals surface area contributed by atoms with Crippen LogP contribution in [0.15, 0.2) is 48.5 Å². The Labute approximate surface area is 159 Å². The van der Waals surface area contributed by atoms with E-state index in [0.29, 0.717) is 18.0 Å². The molecule has 144 valence electrons. The Morgan fingerprint density at radius 3 is 2.59 bits per heavy atom. The van der Waals surface area contributed by atoms with Gasteiger partial charge in [-0.1, -0.05) is 18.2 Å². The van der Waals surface area contributed by atoms with Crippen LogP contribution in [0.4, 0.5) is 10.1 Å². The summed E-state index contributed by atoms with van der Waals surface area (Å²) in [5, 5.41) is 0. The van der Waals surface area contributed by atoms with Crippen molar-refractivity contribution >= 4 is 11.6 Å². The maximum Gasteiger partial charge on any atom is 0.260 e. The normalized spacial score (nSPS) is 20.5. The Morgan fingerprint density at radius 1 is 1.15 bits per heavy atom. The molecule has 1 aliphatic heterocycles. The SMILES string of the molecule is C[C@@H]1CN(Cc2ccc(F)cc2)[C@@H](C)CN1C(=O)COc1cccc(N)c1. The molecule has 0 aromatic heterocycles. The number of nitrogens with two attached hydrogens (primary N) is 1. The summed E-state index contributed by atoms with van der Waals surface area (Å²) in [5.41, 5.74) is 7.41. The lowest BCUT2D eigenvalue weighted by Crippen LogP contribution is -2.58. The molecule has 2 aromatic rings. The molecule has 1 saturated heterocycles. The molecule has 27 heavy (non-hydrogen) atoms. The van der Waals surface area contributed by atoms with E-state index in [1.165, 1.54) is 12.1 Å². The minimum absolute atomic E-state index is 0.00151. The zero-order valence-corrected chi connectivity index (χ0v) is 15.8. The van der Waals surface area contributed by atoms with Gasteiger partial charge in [-0.2, -0.15) is 0 Å². The summed E-state index contributed by atoms with van der Waals surface area (Å²) in [7, 11) is 0. The van der Waals surface area contributed by atoms with Gasteiger partial charge in [0.05, 0.1) is 0 Å². The van der Waals surface area contributed by atoms with Gasteiger partial charge in [-0.3, -0.25) is 9.69 Å². The summed E-state index contributed by atoms with van der Waals surface area (Å²) < 4.78 is 18.7. The Morgan fingerprint density at radius 2 is 1.89 bits per heavy atom. The second kappa shape index (κ2) is 8.39. The number of anilines is 1. The molecule has 2 aromatic carbocycles. The first-order valence-corrected chi connectivity index (χ1v) is 9.18. The van der Waals surface area contributed by atoms with Crippen LogP contribution in [0.3, 0.4) is 0 Å². The Bertz CT molecular complexity index is 781. The standard InChI is InChI=1S/C21H26FN3O2/c1-15-12-25(21(26)14-27-20-5-3-4-19(23)10-20)16(2)11-24(15)13-17-6-8-18(22)9-7-17/h3-10,15-16H,11-14,23H2,1-2H3/t15-,16+/m0/s1. The zero-order valence-electron chi connectivity index (χ0n) is 15.8. The van der Waals surface area contributed by atoms with Crippen LogP contribution in [0.1, 0.15) is 19.4 Å². The first kappa shape index (κ1) is 19.2. The number of piperazine rings is 1. The zero-order chi connectivity index (χ0) is 19.4. The van der Waals surface area contributed by atoms with Crippen molar-refractivity contribution in [2.24, 2.45) is 0 Å². The molecule has 0 spiro atoms. The quantitative estimate of drug-likeness (QED) is 0.821. The number of hydrogen-bond acceptors (Lipinski definition) is 4. The summed E-state index contributed by atoms with van der Waals surface area (Å²) in [5.74, 6) is 0.341. The minimum atomic E-state index is -0.226. The van der Waals surface area contributed by atoms with E-state index in [0.717, 1.165) is 18.7 Å². The molecule has 1 heterocycles. The number of halogens is 1. The predicted octanol–water partition coefficient (Wildman–Crippen LogP) is 2.91. The largest absolute Gasteiger partial charge is 0.484 e. The maximum atomic E-state index is 13.1. The van der Waals surface area contributed by atoms with Crippen molar-refractivity contribution in [2.45, 2.75) is 32.5 Å². The molecular formula is C21H26FN3O2. The average molecular weight is 371 g/mol. The van der Waals surface area contributed by atoms with Gasteiger partial charge in [-0.05, 0) is 43.7 Å². The Balaban J connectivity index is 1.55. The van der Waals surface area contributed by atoms with Gasteiger partial charge in [0.2, 0.25) is 0 Å². The summed E-state index contributed by atoms with van der Waals surface area (Å²) in [6, 6.07) is 13.9. The fourth-order valence-electron chi connectivity index (χ4n) is 3.42. The molecule has 1 aliphatic rings. The fourth-order valence-corrected chi connectivity index (χ4v) is 3.42. The van der Waals surface area contributed by atoms with E-state index in [1.54, 1.807) is 24.3 Å². The molecule has 2 atom stereocenters. The lowest BCUT2D eigenvalue weighted by Gasteiger charge is -2.44. The topological polar surface area (TPSA) is 58.8 Å². The van der Waals surface area contributed by atoms with E-state index < -0.39 is 0 Å².